The molecular weight excluding hydrogens is 284 g/mol. The van der Waals surface area contributed by atoms with Crippen molar-refractivity contribution in [1.82, 2.24) is 4.90 Å². The molecule has 0 aliphatic heterocycles. The summed E-state index contributed by atoms with van der Waals surface area (Å²) in [6.07, 6.45) is 0. The van der Waals surface area contributed by atoms with E-state index >= 15 is 0 Å². The number of rotatable bonds is 6. The van der Waals surface area contributed by atoms with Gasteiger partial charge in [0.2, 0.25) is 0 Å². The average Bonchev–Trinajstić information content (AvgIpc) is 2.43. The van der Waals surface area contributed by atoms with Crippen LogP contribution < -0.4 is 5.73 Å². The monoisotopic (exact) mass is 312 g/mol. The SMILES string of the molecule is CC(N(C)CCS(=O)(=O)c1cccc(CN)c1)C(C)(C)C. The minimum Gasteiger partial charge on any atom is -0.326 e. The maximum absolute atomic E-state index is 12.4. The lowest BCUT2D eigenvalue weighted by Crippen LogP contribution is -2.41. The van der Waals surface area contributed by atoms with E-state index < -0.39 is 9.84 Å². The summed E-state index contributed by atoms with van der Waals surface area (Å²) >= 11 is 0. The Balaban J connectivity index is 2.77. The van der Waals surface area contributed by atoms with Gasteiger partial charge in [-0.3, -0.25) is 0 Å². The summed E-state index contributed by atoms with van der Waals surface area (Å²) in [6.45, 7) is 9.48. The van der Waals surface area contributed by atoms with Gasteiger partial charge in [0.05, 0.1) is 10.6 Å². The fourth-order valence-corrected chi connectivity index (χ4v) is 3.48. The Morgan fingerprint density at radius 1 is 1.29 bits per heavy atom. The standard InChI is InChI=1S/C16H28N2O2S/c1-13(16(2,3)4)18(5)9-10-21(19,20)15-8-6-7-14(11-15)12-17/h6-8,11,13H,9-10,12,17H2,1-5H3. The Morgan fingerprint density at radius 2 is 1.90 bits per heavy atom. The topological polar surface area (TPSA) is 63.4 Å². The Hall–Kier alpha value is -0.910. The van der Waals surface area contributed by atoms with Crippen molar-refractivity contribution in [3.8, 4) is 0 Å². The predicted octanol–water partition coefficient (Wildman–Crippen LogP) is 2.29. The third kappa shape index (κ3) is 5.09. The molecule has 0 aromatic heterocycles. The van der Waals surface area contributed by atoms with Crippen LogP contribution in [0.15, 0.2) is 29.2 Å². The van der Waals surface area contributed by atoms with Crippen LogP contribution in [0.25, 0.3) is 0 Å². The van der Waals surface area contributed by atoms with Crippen LogP contribution in [0.2, 0.25) is 0 Å². The highest BCUT2D eigenvalue weighted by atomic mass is 32.2. The molecule has 1 aromatic carbocycles. The minimum atomic E-state index is -3.26. The highest BCUT2D eigenvalue weighted by Crippen LogP contribution is 2.23. The number of hydrogen-bond acceptors (Lipinski definition) is 4. The van der Waals surface area contributed by atoms with Crippen molar-refractivity contribution in [2.45, 2.75) is 45.2 Å². The van der Waals surface area contributed by atoms with Crippen LogP contribution in [0.4, 0.5) is 0 Å². The van der Waals surface area contributed by atoms with Gasteiger partial charge in [-0.05, 0) is 37.1 Å². The van der Waals surface area contributed by atoms with Crippen molar-refractivity contribution in [2.24, 2.45) is 11.1 Å². The molecule has 0 amide bonds. The van der Waals surface area contributed by atoms with Crippen molar-refractivity contribution in [3.63, 3.8) is 0 Å². The summed E-state index contributed by atoms with van der Waals surface area (Å²) in [7, 11) is -1.29. The van der Waals surface area contributed by atoms with E-state index in [4.69, 9.17) is 5.73 Å². The molecule has 4 nitrogen and oxygen atoms in total. The van der Waals surface area contributed by atoms with Crippen molar-refractivity contribution in [3.05, 3.63) is 29.8 Å². The first-order valence-corrected chi connectivity index (χ1v) is 8.95. The van der Waals surface area contributed by atoms with E-state index in [0.717, 1.165) is 5.56 Å². The Morgan fingerprint density at radius 3 is 2.43 bits per heavy atom. The van der Waals surface area contributed by atoms with Crippen LogP contribution in [-0.2, 0) is 16.4 Å². The van der Waals surface area contributed by atoms with Crippen LogP contribution in [0.1, 0.15) is 33.3 Å². The molecule has 1 atom stereocenters. The van der Waals surface area contributed by atoms with E-state index in [-0.39, 0.29) is 11.2 Å². The van der Waals surface area contributed by atoms with E-state index in [1.165, 1.54) is 0 Å². The molecule has 0 bridgehead atoms. The second kappa shape index (κ2) is 6.90. The molecule has 1 rings (SSSR count). The molecule has 2 N–H and O–H groups in total. The second-order valence-corrected chi connectivity index (χ2v) is 8.80. The van der Waals surface area contributed by atoms with Gasteiger partial charge in [0, 0.05) is 19.1 Å². The van der Waals surface area contributed by atoms with Gasteiger partial charge in [-0.2, -0.15) is 0 Å². The lowest BCUT2D eigenvalue weighted by molar-refractivity contribution is 0.148. The van der Waals surface area contributed by atoms with E-state index in [2.05, 4.69) is 32.6 Å². The molecule has 0 saturated carbocycles. The van der Waals surface area contributed by atoms with Crippen LogP contribution in [-0.4, -0.2) is 38.7 Å². The Labute approximate surface area is 129 Å². The molecule has 21 heavy (non-hydrogen) atoms. The van der Waals surface area contributed by atoms with Gasteiger partial charge in [0.25, 0.3) is 0 Å². The summed E-state index contributed by atoms with van der Waals surface area (Å²) in [6, 6.07) is 7.20. The molecular formula is C16H28N2O2S. The zero-order chi connectivity index (χ0) is 16.3. The maximum atomic E-state index is 12.4. The van der Waals surface area contributed by atoms with Gasteiger partial charge in [0.1, 0.15) is 0 Å². The van der Waals surface area contributed by atoms with Crippen molar-refractivity contribution < 1.29 is 8.42 Å². The van der Waals surface area contributed by atoms with Gasteiger partial charge in [-0.15, -0.1) is 0 Å². The Kier molecular flexibility index (Phi) is 5.96. The van der Waals surface area contributed by atoms with Gasteiger partial charge < -0.3 is 10.6 Å². The van der Waals surface area contributed by atoms with Crippen LogP contribution in [0.3, 0.4) is 0 Å². The summed E-state index contributed by atoms with van der Waals surface area (Å²) in [5.74, 6) is 0.123. The molecule has 0 heterocycles. The number of sulfone groups is 1. The highest BCUT2D eigenvalue weighted by molar-refractivity contribution is 7.91. The summed E-state index contributed by atoms with van der Waals surface area (Å²) in [5.41, 5.74) is 6.53. The van der Waals surface area contributed by atoms with Crippen molar-refractivity contribution in [2.75, 3.05) is 19.3 Å². The smallest absolute Gasteiger partial charge is 0.179 e. The van der Waals surface area contributed by atoms with E-state index in [9.17, 15) is 8.42 Å². The molecule has 0 aliphatic rings. The van der Waals surface area contributed by atoms with Gasteiger partial charge in [-0.25, -0.2) is 8.42 Å². The minimum absolute atomic E-state index is 0.123. The van der Waals surface area contributed by atoms with E-state index in [0.29, 0.717) is 24.0 Å². The highest BCUT2D eigenvalue weighted by Gasteiger charge is 2.25. The molecule has 0 radical (unpaired) electrons. The average molecular weight is 312 g/mol. The fraction of sp³-hybridized carbons (Fsp3) is 0.625. The normalized spacial score (nSPS) is 14.4. The van der Waals surface area contributed by atoms with Crippen LogP contribution in [0, 0.1) is 5.41 Å². The zero-order valence-corrected chi connectivity index (χ0v) is 14.6. The molecule has 0 fully saturated rings. The molecule has 0 spiro atoms. The van der Waals surface area contributed by atoms with Gasteiger partial charge >= 0.3 is 0 Å². The third-order valence-electron chi connectivity index (χ3n) is 4.12. The lowest BCUT2D eigenvalue weighted by Gasteiger charge is -2.35. The molecule has 1 unspecified atom stereocenters. The quantitative estimate of drug-likeness (QED) is 0.875. The summed E-state index contributed by atoms with van der Waals surface area (Å²) in [5, 5.41) is 0. The molecule has 0 aliphatic carbocycles. The van der Waals surface area contributed by atoms with E-state index in [1.807, 2.05) is 13.1 Å². The molecule has 120 valence electrons. The fourth-order valence-electron chi connectivity index (χ4n) is 2.10. The van der Waals surface area contributed by atoms with E-state index in [1.54, 1.807) is 18.2 Å². The van der Waals surface area contributed by atoms with Gasteiger partial charge in [-0.1, -0.05) is 32.9 Å². The first kappa shape index (κ1) is 18.1. The first-order valence-electron chi connectivity index (χ1n) is 7.30. The number of nitrogens with two attached hydrogens (primary N) is 1. The number of benzene rings is 1. The summed E-state index contributed by atoms with van der Waals surface area (Å²) in [4.78, 5) is 2.46. The number of nitrogens with zero attached hydrogens (tertiary/aromatic N) is 1. The van der Waals surface area contributed by atoms with Crippen molar-refractivity contribution in [1.29, 1.82) is 0 Å². The molecule has 1 aromatic rings. The maximum Gasteiger partial charge on any atom is 0.179 e. The van der Waals surface area contributed by atoms with Crippen LogP contribution >= 0.6 is 0 Å². The van der Waals surface area contributed by atoms with Crippen LogP contribution in [0.5, 0.6) is 0 Å². The molecule has 5 heteroatoms. The second-order valence-electron chi connectivity index (χ2n) is 6.69. The third-order valence-corrected chi connectivity index (χ3v) is 5.81. The largest absolute Gasteiger partial charge is 0.326 e. The lowest BCUT2D eigenvalue weighted by atomic mass is 9.87. The zero-order valence-electron chi connectivity index (χ0n) is 13.8. The van der Waals surface area contributed by atoms with Gasteiger partial charge in [0.15, 0.2) is 9.84 Å². The van der Waals surface area contributed by atoms with Crippen molar-refractivity contribution >= 4 is 9.84 Å². The summed E-state index contributed by atoms with van der Waals surface area (Å²) < 4.78 is 24.8. The predicted molar refractivity (Wildman–Crippen MR) is 87.9 cm³/mol. The first-order chi connectivity index (χ1) is 9.58. The molecule has 0 saturated heterocycles. The Bertz CT molecular complexity index is 562. The number of hydrogen-bond donors (Lipinski definition) is 1.